The van der Waals surface area contributed by atoms with Crippen molar-refractivity contribution in [2.45, 2.75) is 26.8 Å². The molecular weight excluding hydrogens is 356 g/mol. The Morgan fingerprint density at radius 1 is 1.14 bits per heavy atom. The number of carbonyl (C=O) groups excluding carboxylic acids is 2. The fourth-order valence-corrected chi connectivity index (χ4v) is 4.08. The van der Waals surface area contributed by atoms with Crippen molar-refractivity contribution in [2.75, 3.05) is 59.0 Å². The highest BCUT2D eigenvalue weighted by molar-refractivity contribution is 5.85. The Morgan fingerprint density at radius 2 is 1.89 bits per heavy atom. The molecule has 0 aliphatic carbocycles. The Hall–Kier alpha value is -2.12. The number of nitrogens with one attached hydrogen (secondary N) is 3. The van der Waals surface area contributed by atoms with Crippen molar-refractivity contribution in [3.8, 4) is 5.75 Å². The first-order valence-corrected chi connectivity index (χ1v) is 10.5. The zero-order valence-corrected chi connectivity index (χ0v) is 17.2. The number of nitrogens with zero attached hydrogens (tertiary/aromatic N) is 1. The fourth-order valence-electron chi connectivity index (χ4n) is 4.08. The molecule has 0 bridgehead atoms. The lowest BCUT2D eigenvalue weighted by molar-refractivity contribution is -1.02. The van der Waals surface area contributed by atoms with Crippen LogP contribution in [0.4, 0.5) is 0 Å². The summed E-state index contributed by atoms with van der Waals surface area (Å²) in [5, 5.41) is 2.76. The molecule has 28 heavy (non-hydrogen) atoms. The minimum atomic E-state index is -0.0817. The molecule has 2 amide bonds. The summed E-state index contributed by atoms with van der Waals surface area (Å²) < 4.78 is 5.59. The normalized spacial score (nSPS) is 20.9. The lowest BCUT2D eigenvalue weighted by atomic mass is 10.1. The van der Waals surface area contributed by atoms with Crippen molar-refractivity contribution < 1.29 is 24.1 Å². The van der Waals surface area contributed by atoms with Gasteiger partial charge < -0.3 is 24.8 Å². The first-order valence-electron chi connectivity index (χ1n) is 10.5. The first-order chi connectivity index (χ1) is 13.6. The Kier molecular flexibility index (Phi) is 7.28. The Morgan fingerprint density at radius 3 is 2.61 bits per heavy atom. The molecule has 2 aliphatic rings. The van der Waals surface area contributed by atoms with Gasteiger partial charge in [-0.25, -0.2) is 0 Å². The van der Waals surface area contributed by atoms with Crippen LogP contribution in [0.3, 0.4) is 0 Å². The molecule has 1 aromatic carbocycles. The summed E-state index contributed by atoms with van der Waals surface area (Å²) in [5.74, 6) is 1.03. The summed E-state index contributed by atoms with van der Waals surface area (Å²) in [5.41, 5.74) is 2.70. The van der Waals surface area contributed by atoms with Gasteiger partial charge >= 0.3 is 0 Å². The SMILES string of the molecule is CCNC(=O)CN(CC)C(=O)C[NH+]1CC[NH+](Cc2ccc3c(c2)CCO3)CC1. The number of amides is 2. The first kappa shape index (κ1) is 20.6. The zero-order chi connectivity index (χ0) is 19.9. The lowest BCUT2D eigenvalue weighted by Gasteiger charge is -2.30. The standard InChI is InChI=1S/C21H32N4O3/c1-3-22-20(26)15-25(4-2)21(27)16-24-10-8-23(9-11-24)14-17-5-6-19-18(13-17)7-12-28-19/h5-6,13H,3-4,7-12,14-16H2,1-2H3,(H,22,26)/p+2. The van der Waals surface area contributed by atoms with Crippen molar-refractivity contribution >= 4 is 11.8 Å². The van der Waals surface area contributed by atoms with Gasteiger partial charge in [-0.1, -0.05) is 0 Å². The van der Waals surface area contributed by atoms with E-state index >= 15 is 0 Å². The summed E-state index contributed by atoms with van der Waals surface area (Å²) in [4.78, 5) is 28.9. The minimum absolute atomic E-state index is 0.0748. The van der Waals surface area contributed by atoms with Crippen molar-refractivity contribution in [3.63, 3.8) is 0 Å². The molecule has 0 spiro atoms. The number of hydrogen-bond donors (Lipinski definition) is 3. The van der Waals surface area contributed by atoms with Crippen LogP contribution in [-0.4, -0.2) is 75.7 Å². The Labute approximate surface area is 167 Å². The third-order valence-electron chi connectivity index (χ3n) is 5.72. The van der Waals surface area contributed by atoms with Crippen LogP contribution in [0.2, 0.25) is 0 Å². The van der Waals surface area contributed by atoms with E-state index in [1.807, 2.05) is 13.8 Å². The van der Waals surface area contributed by atoms with E-state index in [1.54, 1.807) is 9.80 Å². The highest BCUT2D eigenvalue weighted by Crippen LogP contribution is 2.25. The molecule has 0 unspecified atom stereocenters. The third kappa shape index (κ3) is 5.45. The molecule has 1 aromatic rings. The largest absolute Gasteiger partial charge is 0.493 e. The van der Waals surface area contributed by atoms with E-state index in [4.69, 9.17) is 4.74 Å². The molecule has 3 N–H and O–H groups in total. The molecule has 0 saturated carbocycles. The van der Waals surface area contributed by atoms with Crippen LogP contribution in [0, 0.1) is 0 Å². The van der Waals surface area contributed by atoms with Crippen LogP contribution in [0.15, 0.2) is 18.2 Å². The predicted octanol–water partition coefficient (Wildman–Crippen LogP) is -2.11. The highest BCUT2D eigenvalue weighted by atomic mass is 16.5. The van der Waals surface area contributed by atoms with Crippen molar-refractivity contribution in [3.05, 3.63) is 29.3 Å². The van der Waals surface area contributed by atoms with Gasteiger partial charge in [0.1, 0.15) is 38.5 Å². The number of piperazine rings is 1. The fraction of sp³-hybridized carbons (Fsp3) is 0.619. The van der Waals surface area contributed by atoms with Gasteiger partial charge in [-0.2, -0.15) is 0 Å². The molecule has 0 aromatic heterocycles. The summed E-state index contributed by atoms with van der Waals surface area (Å²) >= 11 is 0. The molecule has 2 aliphatic heterocycles. The molecule has 1 fully saturated rings. The number of carbonyl (C=O) groups is 2. The van der Waals surface area contributed by atoms with Gasteiger partial charge in [0, 0.05) is 25.1 Å². The number of fused-ring (bicyclic) bond motifs is 1. The Bertz CT molecular complexity index is 686. The van der Waals surface area contributed by atoms with Crippen molar-refractivity contribution in [1.29, 1.82) is 0 Å². The van der Waals surface area contributed by atoms with Gasteiger partial charge in [-0.05, 0) is 37.6 Å². The van der Waals surface area contributed by atoms with Gasteiger partial charge in [0.15, 0.2) is 6.54 Å². The van der Waals surface area contributed by atoms with Crippen LogP contribution in [-0.2, 0) is 22.6 Å². The van der Waals surface area contributed by atoms with Crippen molar-refractivity contribution in [2.24, 2.45) is 0 Å². The molecule has 1 saturated heterocycles. The molecule has 0 atom stereocenters. The van der Waals surface area contributed by atoms with E-state index < -0.39 is 0 Å². The van der Waals surface area contributed by atoms with E-state index in [-0.39, 0.29) is 18.4 Å². The summed E-state index contributed by atoms with van der Waals surface area (Å²) in [7, 11) is 0. The van der Waals surface area contributed by atoms with Crippen LogP contribution >= 0.6 is 0 Å². The van der Waals surface area contributed by atoms with Crippen LogP contribution in [0.1, 0.15) is 25.0 Å². The van der Waals surface area contributed by atoms with E-state index in [1.165, 1.54) is 16.0 Å². The average Bonchev–Trinajstić information content (AvgIpc) is 3.15. The van der Waals surface area contributed by atoms with Crippen LogP contribution < -0.4 is 19.9 Å². The molecular formula is C21H34N4O3+2. The summed E-state index contributed by atoms with van der Waals surface area (Å²) in [6.07, 6.45) is 1.02. The monoisotopic (exact) mass is 390 g/mol. The van der Waals surface area contributed by atoms with E-state index in [2.05, 4.69) is 23.5 Å². The van der Waals surface area contributed by atoms with Gasteiger partial charge in [-0.3, -0.25) is 9.59 Å². The maximum Gasteiger partial charge on any atom is 0.278 e. The summed E-state index contributed by atoms with van der Waals surface area (Å²) in [6, 6.07) is 6.57. The maximum absolute atomic E-state index is 12.6. The minimum Gasteiger partial charge on any atom is -0.493 e. The van der Waals surface area contributed by atoms with Gasteiger partial charge in [0.05, 0.1) is 13.2 Å². The van der Waals surface area contributed by atoms with Gasteiger partial charge in [-0.15, -0.1) is 0 Å². The molecule has 3 rings (SSSR count). The van der Waals surface area contributed by atoms with E-state index in [0.717, 1.165) is 51.5 Å². The second-order valence-electron chi connectivity index (χ2n) is 7.76. The highest BCUT2D eigenvalue weighted by Gasteiger charge is 2.27. The molecule has 154 valence electrons. The number of benzene rings is 1. The average molecular weight is 391 g/mol. The molecule has 2 heterocycles. The third-order valence-corrected chi connectivity index (χ3v) is 5.72. The van der Waals surface area contributed by atoms with Gasteiger partial charge in [0.2, 0.25) is 5.91 Å². The van der Waals surface area contributed by atoms with E-state index in [0.29, 0.717) is 19.6 Å². The predicted molar refractivity (Wildman–Crippen MR) is 107 cm³/mol. The number of likely N-dealkylation sites (N-methyl/N-ethyl adjacent to an activating group) is 2. The quantitative estimate of drug-likeness (QED) is 0.476. The maximum atomic E-state index is 12.6. The Balaban J connectivity index is 1.43. The van der Waals surface area contributed by atoms with Crippen LogP contribution in [0.25, 0.3) is 0 Å². The van der Waals surface area contributed by atoms with Gasteiger partial charge in [0.25, 0.3) is 5.91 Å². The lowest BCUT2D eigenvalue weighted by Crippen LogP contribution is -3.28. The topological polar surface area (TPSA) is 67.5 Å². The zero-order valence-electron chi connectivity index (χ0n) is 17.2. The number of quaternary nitrogens is 2. The number of rotatable bonds is 8. The number of ether oxygens (including phenoxy) is 1. The summed E-state index contributed by atoms with van der Waals surface area (Å²) in [6.45, 7) is 11.6. The molecule has 7 heteroatoms. The second-order valence-corrected chi connectivity index (χ2v) is 7.76. The number of hydrogen-bond acceptors (Lipinski definition) is 3. The van der Waals surface area contributed by atoms with Crippen LogP contribution in [0.5, 0.6) is 5.75 Å². The molecule has 7 nitrogen and oxygen atoms in total. The van der Waals surface area contributed by atoms with Crippen molar-refractivity contribution in [1.82, 2.24) is 10.2 Å². The second kappa shape index (κ2) is 9.89. The smallest absolute Gasteiger partial charge is 0.278 e. The van der Waals surface area contributed by atoms with E-state index in [9.17, 15) is 9.59 Å². The molecule has 0 radical (unpaired) electrons.